The minimum Gasteiger partial charge on any atom is -0.375 e. The number of nitro benzene ring substituents is 1. The number of benzene rings is 2. The minimum absolute atomic E-state index is 0.0966. The minimum atomic E-state index is -3.78. The predicted molar refractivity (Wildman–Crippen MR) is 112 cm³/mol. The quantitative estimate of drug-likeness (QED) is 0.409. The first-order valence-corrected chi connectivity index (χ1v) is 10.8. The second-order valence-electron chi connectivity index (χ2n) is 6.39. The first kappa shape index (κ1) is 21.4. The molecular formula is C19H22N6O4S. The number of anilines is 1. The zero-order valence-electron chi connectivity index (χ0n) is 16.6. The summed E-state index contributed by atoms with van der Waals surface area (Å²) in [6.45, 7) is 4.36. The highest BCUT2D eigenvalue weighted by Crippen LogP contribution is 2.29. The molecule has 0 aliphatic heterocycles. The largest absolute Gasteiger partial charge is 0.375 e. The Morgan fingerprint density at radius 3 is 2.40 bits per heavy atom. The number of nitro groups is 1. The van der Waals surface area contributed by atoms with Gasteiger partial charge in [0.15, 0.2) is 0 Å². The monoisotopic (exact) mass is 430 g/mol. The average molecular weight is 430 g/mol. The van der Waals surface area contributed by atoms with Gasteiger partial charge in [0.2, 0.25) is 10.0 Å². The van der Waals surface area contributed by atoms with E-state index in [1.165, 1.54) is 22.8 Å². The Morgan fingerprint density at radius 2 is 1.83 bits per heavy atom. The van der Waals surface area contributed by atoms with E-state index in [1.807, 2.05) is 24.3 Å². The third kappa shape index (κ3) is 4.47. The van der Waals surface area contributed by atoms with E-state index in [1.54, 1.807) is 24.9 Å². The molecule has 0 saturated heterocycles. The summed E-state index contributed by atoms with van der Waals surface area (Å²) in [7, 11) is -3.78. The molecule has 0 atom stereocenters. The van der Waals surface area contributed by atoms with Gasteiger partial charge < -0.3 is 5.32 Å². The number of rotatable bonds is 9. The van der Waals surface area contributed by atoms with E-state index in [2.05, 4.69) is 15.4 Å². The number of hydrogen-bond acceptors (Lipinski definition) is 7. The van der Waals surface area contributed by atoms with Gasteiger partial charge in [0.25, 0.3) is 5.69 Å². The van der Waals surface area contributed by atoms with Crippen LogP contribution in [0.5, 0.6) is 0 Å². The molecule has 3 rings (SSSR count). The Labute approximate surface area is 174 Å². The number of nitrogens with zero attached hydrogens (tertiary/aromatic N) is 5. The van der Waals surface area contributed by atoms with E-state index in [9.17, 15) is 18.5 Å². The van der Waals surface area contributed by atoms with E-state index < -0.39 is 14.9 Å². The van der Waals surface area contributed by atoms with Crippen molar-refractivity contribution in [1.29, 1.82) is 0 Å². The molecule has 0 fully saturated rings. The Hall–Kier alpha value is -3.31. The van der Waals surface area contributed by atoms with Crippen LogP contribution in [0.15, 0.2) is 60.0 Å². The van der Waals surface area contributed by atoms with Gasteiger partial charge >= 0.3 is 0 Å². The lowest BCUT2D eigenvalue weighted by molar-refractivity contribution is -0.384. The van der Waals surface area contributed by atoms with Gasteiger partial charge in [0, 0.05) is 25.7 Å². The van der Waals surface area contributed by atoms with Gasteiger partial charge in [0.1, 0.15) is 18.3 Å². The Morgan fingerprint density at radius 1 is 1.13 bits per heavy atom. The summed E-state index contributed by atoms with van der Waals surface area (Å²) in [4.78, 5) is 14.8. The van der Waals surface area contributed by atoms with Gasteiger partial charge in [-0.25, -0.2) is 18.1 Å². The number of aromatic nitrogens is 3. The topological polar surface area (TPSA) is 123 Å². The summed E-state index contributed by atoms with van der Waals surface area (Å²) in [5.41, 5.74) is 1.70. The maximum Gasteiger partial charge on any atom is 0.293 e. The fraction of sp³-hybridized carbons (Fsp3) is 0.263. The van der Waals surface area contributed by atoms with Crippen molar-refractivity contribution >= 4 is 21.4 Å². The Balaban J connectivity index is 1.80. The summed E-state index contributed by atoms with van der Waals surface area (Å²) in [6, 6.07) is 11.4. The molecule has 0 bridgehead atoms. The normalized spacial score (nSPS) is 11.6. The molecule has 0 amide bonds. The lowest BCUT2D eigenvalue weighted by Crippen LogP contribution is -2.30. The second kappa shape index (κ2) is 9.01. The van der Waals surface area contributed by atoms with Crippen molar-refractivity contribution in [2.24, 2.45) is 0 Å². The van der Waals surface area contributed by atoms with E-state index >= 15 is 0 Å². The van der Waals surface area contributed by atoms with Crippen molar-refractivity contribution < 1.29 is 13.3 Å². The van der Waals surface area contributed by atoms with Crippen molar-refractivity contribution in [1.82, 2.24) is 19.1 Å². The summed E-state index contributed by atoms with van der Waals surface area (Å²) in [6.07, 6.45) is 3.03. The first-order chi connectivity index (χ1) is 14.4. The van der Waals surface area contributed by atoms with Crippen molar-refractivity contribution in [2.45, 2.75) is 25.3 Å². The molecule has 0 aliphatic rings. The van der Waals surface area contributed by atoms with Crippen LogP contribution in [0.4, 0.5) is 11.4 Å². The highest BCUT2D eigenvalue weighted by Gasteiger charge is 2.25. The fourth-order valence-electron chi connectivity index (χ4n) is 2.99. The first-order valence-electron chi connectivity index (χ1n) is 9.33. The van der Waals surface area contributed by atoms with Crippen LogP contribution in [0.3, 0.4) is 0 Å². The lowest BCUT2D eigenvalue weighted by atomic mass is 10.2. The second-order valence-corrected chi connectivity index (χ2v) is 8.32. The van der Waals surface area contributed by atoms with Crippen LogP contribution in [0.25, 0.3) is 5.69 Å². The number of sulfonamides is 1. The van der Waals surface area contributed by atoms with Gasteiger partial charge in [-0.3, -0.25) is 10.1 Å². The zero-order chi connectivity index (χ0) is 21.7. The average Bonchev–Trinajstić information content (AvgIpc) is 3.28. The summed E-state index contributed by atoms with van der Waals surface area (Å²) in [5.74, 6) is 0. The van der Waals surface area contributed by atoms with E-state index in [-0.39, 0.29) is 29.4 Å². The van der Waals surface area contributed by atoms with Crippen LogP contribution in [0.2, 0.25) is 0 Å². The zero-order valence-corrected chi connectivity index (χ0v) is 17.4. The van der Waals surface area contributed by atoms with E-state index in [4.69, 9.17) is 0 Å². The van der Waals surface area contributed by atoms with Crippen LogP contribution in [0.1, 0.15) is 19.4 Å². The summed E-state index contributed by atoms with van der Waals surface area (Å²) in [5, 5.41) is 18.6. The van der Waals surface area contributed by atoms with Crippen LogP contribution in [0, 0.1) is 10.1 Å². The molecule has 11 heteroatoms. The SMILES string of the molecule is CCN(CC)S(=O)(=O)c1ccc(NCc2ccc(-n3cncn3)cc2)c([N+](=O)[O-])c1. The van der Waals surface area contributed by atoms with Crippen LogP contribution >= 0.6 is 0 Å². The molecule has 0 spiro atoms. The Bertz CT molecular complexity index is 1110. The van der Waals surface area contributed by atoms with Gasteiger partial charge in [-0.15, -0.1) is 0 Å². The summed E-state index contributed by atoms with van der Waals surface area (Å²) < 4.78 is 28.2. The molecule has 10 nitrogen and oxygen atoms in total. The van der Waals surface area contributed by atoms with Crippen LogP contribution in [-0.2, 0) is 16.6 Å². The van der Waals surface area contributed by atoms with E-state index in [0.29, 0.717) is 6.54 Å². The molecule has 0 aliphatic carbocycles. The third-order valence-electron chi connectivity index (χ3n) is 4.61. The summed E-state index contributed by atoms with van der Waals surface area (Å²) >= 11 is 0. The molecule has 3 aromatic rings. The van der Waals surface area contributed by atoms with Crippen LogP contribution in [-0.4, -0.2) is 45.5 Å². The Kier molecular flexibility index (Phi) is 6.43. The molecular weight excluding hydrogens is 408 g/mol. The molecule has 158 valence electrons. The van der Waals surface area contributed by atoms with Gasteiger partial charge in [-0.05, 0) is 29.8 Å². The van der Waals surface area contributed by atoms with E-state index in [0.717, 1.165) is 17.3 Å². The highest BCUT2D eigenvalue weighted by atomic mass is 32.2. The predicted octanol–water partition coefficient (Wildman–Crippen LogP) is 2.82. The van der Waals surface area contributed by atoms with Gasteiger partial charge in [0.05, 0.1) is 15.5 Å². The third-order valence-corrected chi connectivity index (χ3v) is 6.66. The highest BCUT2D eigenvalue weighted by molar-refractivity contribution is 7.89. The van der Waals surface area contributed by atoms with Crippen LogP contribution < -0.4 is 5.32 Å². The molecule has 30 heavy (non-hydrogen) atoms. The standard InChI is InChI=1S/C19H22N6O4S/c1-3-23(4-2)30(28,29)17-9-10-18(19(11-17)25(26)27)21-12-15-5-7-16(8-6-15)24-14-20-13-22-24/h5-11,13-14,21H,3-4,12H2,1-2H3. The number of hydrogen-bond donors (Lipinski definition) is 1. The van der Waals surface area contributed by atoms with Crippen molar-refractivity contribution in [3.05, 3.63) is 70.8 Å². The lowest BCUT2D eigenvalue weighted by Gasteiger charge is -2.18. The maximum atomic E-state index is 12.7. The molecule has 1 heterocycles. The van der Waals surface area contributed by atoms with Gasteiger partial charge in [-0.2, -0.15) is 9.40 Å². The van der Waals surface area contributed by atoms with Crippen molar-refractivity contribution in [2.75, 3.05) is 18.4 Å². The van der Waals surface area contributed by atoms with Crippen molar-refractivity contribution in [3.63, 3.8) is 0 Å². The maximum absolute atomic E-state index is 12.7. The fourth-order valence-corrected chi connectivity index (χ4v) is 4.47. The molecule has 0 saturated carbocycles. The molecule has 0 unspecified atom stereocenters. The smallest absolute Gasteiger partial charge is 0.293 e. The molecule has 1 N–H and O–H groups in total. The molecule has 1 aromatic heterocycles. The van der Waals surface area contributed by atoms with Crippen molar-refractivity contribution in [3.8, 4) is 5.69 Å². The molecule has 0 radical (unpaired) electrons. The number of nitrogens with one attached hydrogen (secondary N) is 1. The molecule has 2 aromatic carbocycles. The van der Waals surface area contributed by atoms with Gasteiger partial charge in [-0.1, -0.05) is 26.0 Å².